The number of hydrogen-bond donors (Lipinski definition) is 0. The molecule has 1 aromatic heterocycles. The van der Waals surface area contributed by atoms with Gasteiger partial charge in [-0.2, -0.15) is 0 Å². The Morgan fingerprint density at radius 2 is 1.79 bits per heavy atom. The number of benzene rings is 1. The lowest BCUT2D eigenvalue weighted by Gasteiger charge is -2.36. The molecule has 0 saturated carbocycles. The summed E-state index contributed by atoms with van der Waals surface area (Å²) in [6, 6.07) is 12.6. The van der Waals surface area contributed by atoms with E-state index in [4.69, 9.17) is 4.52 Å². The summed E-state index contributed by atoms with van der Waals surface area (Å²) in [4.78, 5) is 4.95. The minimum atomic E-state index is 0.974. The molecular formula is C15H19N3O. The molecule has 1 aromatic carbocycles. The van der Waals surface area contributed by atoms with Crippen LogP contribution in [0, 0.1) is 0 Å². The fraction of sp³-hybridized carbons (Fsp3) is 0.400. The first-order chi connectivity index (χ1) is 9.42. The van der Waals surface area contributed by atoms with E-state index in [9.17, 15) is 0 Å². The Labute approximate surface area is 113 Å². The van der Waals surface area contributed by atoms with Crippen LogP contribution in [-0.2, 0) is 6.42 Å². The van der Waals surface area contributed by atoms with Crippen molar-refractivity contribution in [2.24, 2.45) is 0 Å². The molecule has 0 radical (unpaired) electrons. The molecule has 1 aliphatic rings. The van der Waals surface area contributed by atoms with Gasteiger partial charge in [-0.1, -0.05) is 23.4 Å². The third-order valence-electron chi connectivity index (χ3n) is 3.67. The molecule has 0 bridgehead atoms. The van der Waals surface area contributed by atoms with E-state index >= 15 is 0 Å². The van der Waals surface area contributed by atoms with E-state index in [1.54, 1.807) is 6.26 Å². The lowest BCUT2D eigenvalue weighted by molar-refractivity contribution is 0.259. The molecule has 2 aromatic rings. The SMILES string of the molecule is c1ccc(N2CCN(CCc3ccon3)CC2)cc1. The van der Waals surface area contributed by atoms with Crippen LogP contribution in [0.4, 0.5) is 5.69 Å². The van der Waals surface area contributed by atoms with Crippen molar-refractivity contribution in [3.63, 3.8) is 0 Å². The molecule has 3 rings (SSSR count). The minimum absolute atomic E-state index is 0.974. The van der Waals surface area contributed by atoms with Gasteiger partial charge in [0.05, 0.1) is 5.69 Å². The van der Waals surface area contributed by atoms with Gasteiger partial charge in [-0.25, -0.2) is 0 Å². The van der Waals surface area contributed by atoms with Gasteiger partial charge in [0.25, 0.3) is 0 Å². The van der Waals surface area contributed by atoms with E-state index in [2.05, 4.69) is 45.3 Å². The van der Waals surface area contributed by atoms with Crippen molar-refractivity contribution in [3.8, 4) is 0 Å². The van der Waals surface area contributed by atoms with Crippen molar-refractivity contribution in [3.05, 3.63) is 48.4 Å². The second-order valence-corrected chi connectivity index (χ2v) is 4.91. The molecule has 1 aliphatic heterocycles. The molecule has 0 unspecified atom stereocenters. The molecule has 0 atom stereocenters. The van der Waals surface area contributed by atoms with E-state index < -0.39 is 0 Å². The third kappa shape index (κ3) is 3.15. The highest BCUT2D eigenvalue weighted by Crippen LogP contribution is 2.15. The highest BCUT2D eigenvalue weighted by Gasteiger charge is 2.16. The average molecular weight is 257 g/mol. The summed E-state index contributed by atoms with van der Waals surface area (Å²) in [6.45, 7) is 5.50. The largest absolute Gasteiger partial charge is 0.369 e. The fourth-order valence-corrected chi connectivity index (χ4v) is 2.51. The second-order valence-electron chi connectivity index (χ2n) is 4.91. The van der Waals surface area contributed by atoms with Gasteiger partial charge in [0.1, 0.15) is 6.26 Å². The number of hydrogen-bond acceptors (Lipinski definition) is 4. The Balaban J connectivity index is 1.47. The number of nitrogens with zero attached hydrogens (tertiary/aromatic N) is 3. The number of anilines is 1. The topological polar surface area (TPSA) is 32.5 Å². The van der Waals surface area contributed by atoms with Crippen LogP contribution in [0.25, 0.3) is 0 Å². The standard InChI is InChI=1S/C15H19N3O/c1-2-4-15(5-3-1)18-11-9-17(10-12-18)8-6-14-7-13-19-16-14/h1-5,7,13H,6,8-12H2. The molecule has 4 nitrogen and oxygen atoms in total. The van der Waals surface area contributed by atoms with Gasteiger partial charge in [-0.15, -0.1) is 0 Å². The molecule has 0 N–H and O–H groups in total. The number of piperazine rings is 1. The van der Waals surface area contributed by atoms with Crippen LogP contribution in [0.15, 0.2) is 47.2 Å². The summed E-state index contributed by atoms with van der Waals surface area (Å²) in [5.41, 5.74) is 2.38. The lowest BCUT2D eigenvalue weighted by Crippen LogP contribution is -2.47. The van der Waals surface area contributed by atoms with Gasteiger partial charge >= 0.3 is 0 Å². The first kappa shape index (κ1) is 12.2. The van der Waals surface area contributed by atoms with E-state index in [0.717, 1.165) is 44.8 Å². The molecular weight excluding hydrogens is 238 g/mol. The summed E-state index contributed by atoms with van der Waals surface area (Å²) in [7, 11) is 0. The van der Waals surface area contributed by atoms with Crippen molar-refractivity contribution < 1.29 is 4.52 Å². The molecule has 1 saturated heterocycles. The van der Waals surface area contributed by atoms with Crippen LogP contribution < -0.4 is 4.90 Å². The highest BCUT2D eigenvalue weighted by molar-refractivity contribution is 5.46. The van der Waals surface area contributed by atoms with Crippen LogP contribution in [0.5, 0.6) is 0 Å². The van der Waals surface area contributed by atoms with Crippen molar-refractivity contribution in [1.29, 1.82) is 0 Å². The molecule has 1 fully saturated rings. The van der Waals surface area contributed by atoms with Crippen LogP contribution in [0.1, 0.15) is 5.69 Å². The molecule has 0 amide bonds. The molecule has 19 heavy (non-hydrogen) atoms. The van der Waals surface area contributed by atoms with E-state index in [1.807, 2.05) is 6.07 Å². The molecule has 0 spiro atoms. The predicted molar refractivity (Wildman–Crippen MR) is 75.3 cm³/mol. The monoisotopic (exact) mass is 257 g/mol. The smallest absolute Gasteiger partial charge is 0.124 e. The van der Waals surface area contributed by atoms with Gasteiger partial charge in [0.15, 0.2) is 0 Å². The maximum absolute atomic E-state index is 4.85. The number of rotatable bonds is 4. The van der Waals surface area contributed by atoms with Crippen molar-refractivity contribution in [2.75, 3.05) is 37.6 Å². The fourth-order valence-electron chi connectivity index (χ4n) is 2.51. The van der Waals surface area contributed by atoms with E-state index in [-0.39, 0.29) is 0 Å². The Morgan fingerprint density at radius 3 is 2.47 bits per heavy atom. The van der Waals surface area contributed by atoms with E-state index in [0.29, 0.717) is 0 Å². The second kappa shape index (κ2) is 5.89. The molecule has 4 heteroatoms. The lowest BCUT2D eigenvalue weighted by atomic mass is 10.2. The van der Waals surface area contributed by atoms with Gasteiger partial charge in [0, 0.05) is 50.9 Å². The normalized spacial score (nSPS) is 16.7. The number of para-hydroxylation sites is 1. The molecule has 0 aliphatic carbocycles. The summed E-state index contributed by atoms with van der Waals surface area (Å²) in [5.74, 6) is 0. The van der Waals surface area contributed by atoms with Crippen LogP contribution >= 0.6 is 0 Å². The maximum atomic E-state index is 4.85. The third-order valence-corrected chi connectivity index (χ3v) is 3.67. The van der Waals surface area contributed by atoms with Gasteiger partial charge in [-0.3, -0.25) is 4.90 Å². The van der Waals surface area contributed by atoms with Gasteiger partial charge < -0.3 is 9.42 Å². The van der Waals surface area contributed by atoms with Crippen LogP contribution in [0.2, 0.25) is 0 Å². The van der Waals surface area contributed by atoms with Crippen molar-refractivity contribution >= 4 is 5.69 Å². The molecule has 100 valence electrons. The summed E-state index contributed by atoms with van der Waals surface area (Å²) >= 11 is 0. The first-order valence-electron chi connectivity index (χ1n) is 6.83. The highest BCUT2D eigenvalue weighted by atomic mass is 16.5. The zero-order valence-corrected chi connectivity index (χ0v) is 11.0. The summed E-state index contributed by atoms with van der Waals surface area (Å²) in [6.07, 6.45) is 2.62. The van der Waals surface area contributed by atoms with Gasteiger partial charge in [0.2, 0.25) is 0 Å². The summed E-state index contributed by atoms with van der Waals surface area (Å²) in [5, 5.41) is 3.95. The zero-order valence-electron chi connectivity index (χ0n) is 11.0. The quantitative estimate of drug-likeness (QED) is 0.839. The Morgan fingerprint density at radius 1 is 1.00 bits per heavy atom. The Hall–Kier alpha value is -1.81. The van der Waals surface area contributed by atoms with Crippen LogP contribution in [0.3, 0.4) is 0 Å². The predicted octanol–water partition coefficient (Wildman–Crippen LogP) is 2.04. The Kier molecular flexibility index (Phi) is 3.79. The summed E-state index contributed by atoms with van der Waals surface area (Å²) < 4.78 is 4.85. The minimum Gasteiger partial charge on any atom is -0.369 e. The zero-order chi connectivity index (χ0) is 12.9. The average Bonchev–Trinajstić information content (AvgIpc) is 3.00. The van der Waals surface area contributed by atoms with Crippen molar-refractivity contribution in [2.45, 2.75) is 6.42 Å². The Bertz CT molecular complexity index is 475. The first-order valence-corrected chi connectivity index (χ1v) is 6.83. The maximum Gasteiger partial charge on any atom is 0.124 e. The van der Waals surface area contributed by atoms with Crippen LogP contribution in [-0.4, -0.2) is 42.8 Å². The van der Waals surface area contributed by atoms with E-state index in [1.165, 1.54) is 5.69 Å². The molecule has 2 heterocycles. The van der Waals surface area contributed by atoms with Gasteiger partial charge in [-0.05, 0) is 12.1 Å². The number of aromatic nitrogens is 1. The van der Waals surface area contributed by atoms with Crippen molar-refractivity contribution in [1.82, 2.24) is 10.1 Å².